The Morgan fingerprint density at radius 1 is 1.20 bits per heavy atom. The summed E-state index contributed by atoms with van der Waals surface area (Å²) in [6, 6.07) is 8.72. The van der Waals surface area contributed by atoms with Gasteiger partial charge in [0.05, 0.1) is 9.92 Å². The fourth-order valence-electron chi connectivity index (χ4n) is 2.54. The van der Waals surface area contributed by atoms with Crippen molar-refractivity contribution in [2.75, 3.05) is 19.8 Å². The van der Waals surface area contributed by atoms with Crippen molar-refractivity contribution < 1.29 is 17.9 Å². The van der Waals surface area contributed by atoms with Crippen LogP contribution in [0.5, 0.6) is 11.5 Å². The van der Waals surface area contributed by atoms with Crippen LogP contribution in [0.25, 0.3) is 0 Å². The maximum atomic E-state index is 12.4. The Morgan fingerprint density at radius 3 is 2.72 bits per heavy atom. The first-order chi connectivity index (χ1) is 11.9. The van der Waals surface area contributed by atoms with Crippen molar-refractivity contribution >= 4 is 37.6 Å². The average Bonchev–Trinajstić information content (AvgIpc) is 2.54. The van der Waals surface area contributed by atoms with E-state index in [2.05, 4.69) is 20.7 Å². The molecule has 0 saturated carbocycles. The van der Waals surface area contributed by atoms with Gasteiger partial charge in [-0.15, -0.1) is 0 Å². The van der Waals surface area contributed by atoms with E-state index in [1.165, 1.54) is 0 Å². The first kappa shape index (κ1) is 18.5. The van der Waals surface area contributed by atoms with E-state index in [1.54, 1.807) is 24.3 Å². The summed E-state index contributed by atoms with van der Waals surface area (Å²) in [5.74, 6) is 1.14. The van der Waals surface area contributed by atoms with Crippen molar-refractivity contribution in [1.82, 2.24) is 4.72 Å². The van der Waals surface area contributed by atoms with Gasteiger partial charge in [0.1, 0.15) is 13.2 Å². The predicted octanol–water partition coefficient (Wildman–Crippen LogP) is 3.70. The fourth-order valence-corrected chi connectivity index (χ4v) is 5.05. The molecule has 0 radical (unpaired) electrons. The summed E-state index contributed by atoms with van der Waals surface area (Å²) in [6.07, 6.45) is 0.485. The van der Waals surface area contributed by atoms with Gasteiger partial charge < -0.3 is 9.47 Å². The number of nitrogens with one attached hydrogen (secondary N) is 1. The summed E-state index contributed by atoms with van der Waals surface area (Å²) in [5.41, 5.74) is 1.86. The number of ether oxygens (including phenoxy) is 2. The molecule has 134 valence electrons. The van der Waals surface area contributed by atoms with E-state index in [0.717, 1.165) is 11.1 Å². The molecule has 25 heavy (non-hydrogen) atoms. The van der Waals surface area contributed by atoms with Crippen molar-refractivity contribution in [3.8, 4) is 11.5 Å². The zero-order valence-corrected chi connectivity index (χ0v) is 16.7. The number of hydrogen-bond acceptors (Lipinski definition) is 4. The molecule has 0 amide bonds. The molecule has 1 heterocycles. The molecule has 2 aromatic rings. The first-order valence-corrected chi connectivity index (χ1v) is 10.4. The number of rotatable bonds is 5. The van der Waals surface area contributed by atoms with E-state index in [1.807, 2.05) is 13.0 Å². The van der Waals surface area contributed by atoms with Crippen molar-refractivity contribution in [3.63, 3.8) is 0 Å². The highest BCUT2D eigenvalue weighted by Crippen LogP contribution is 2.38. The van der Waals surface area contributed by atoms with E-state index in [9.17, 15) is 8.42 Å². The molecule has 0 fully saturated rings. The monoisotopic (exact) mass is 445 g/mol. The molecule has 0 saturated heterocycles. The highest BCUT2D eigenvalue weighted by Gasteiger charge is 2.19. The summed E-state index contributed by atoms with van der Waals surface area (Å²) in [6.45, 7) is 3.09. The third kappa shape index (κ3) is 4.28. The maximum Gasteiger partial charge on any atom is 0.241 e. The van der Waals surface area contributed by atoms with Gasteiger partial charge in [0.15, 0.2) is 11.5 Å². The number of aryl methyl sites for hydroxylation is 1. The minimum Gasteiger partial charge on any atom is -0.486 e. The summed E-state index contributed by atoms with van der Waals surface area (Å²) in [4.78, 5) is 0.221. The number of sulfonamides is 1. The lowest BCUT2D eigenvalue weighted by atomic mass is 10.1. The second-order valence-electron chi connectivity index (χ2n) is 5.68. The van der Waals surface area contributed by atoms with Gasteiger partial charge >= 0.3 is 0 Å². The van der Waals surface area contributed by atoms with Crippen LogP contribution in [0.15, 0.2) is 39.7 Å². The second kappa shape index (κ2) is 7.53. The molecular weight excluding hydrogens is 430 g/mol. The third-order valence-corrected chi connectivity index (χ3v) is 6.46. The molecule has 1 N–H and O–H groups in total. The van der Waals surface area contributed by atoms with Crippen molar-refractivity contribution in [2.45, 2.75) is 18.2 Å². The van der Waals surface area contributed by atoms with Gasteiger partial charge in [0.2, 0.25) is 10.0 Å². The highest BCUT2D eigenvalue weighted by atomic mass is 79.9. The Balaban J connectivity index is 1.69. The Bertz CT molecular complexity index is 902. The normalized spacial score (nSPS) is 13.7. The Morgan fingerprint density at radius 2 is 1.96 bits per heavy atom. The minimum atomic E-state index is -3.59. The zero-order valence-electron chi connectivity index (χ0n) is 13.5. The quantitative estimate of drug-likeness (QED) is 0.760. The summed E-state index contributed by atoms with van der Waals surface area (Å²) in [5, 5.41) is 0.469. The van der Waals surface area contributed by atoms with E-state index < -0.39 is 10.0 Å². The standard InChI is InChI=1S/C17H17BrClNO4S/c1-11-2-3-16(13(18)8-11)25(21,22)20-5-4-12-9-14(19)17-15(10-12)23-6-7-24-17/h2-3,8-10,20H,4-7H2,1H3. The van der Waals surface area contributed by atoms with Gasteiger partial charge in [0.25, 0.3) is 0 Å². The smallest absolute Gasteiger partial charge is 0.241 e. The van der Waals surface area contributed by atoms with Crippen molar-refractivity contribution in [3.05, 3.63) is 51.0 Å². The molecule has 0 aromatic heterocycles. The van der Waals surface area contributed by atoms with Crippen molar-refractivity contribution in [1.29, 1.82) is 0 Å². The van der Waals surface area contributed by atoms with Crippen LogP contribution in [0.3, 0.4) is 0 Å². The van der Waals surface area contributed by atoms with Gasteiger partial charge in [-0.05, 0) is 64.7 Å². The maximum absolute atomic E-state index is 12.4. The van der Waals surface area contributed by atoms with E-state index >= 15 is 0 Å². The number of halogens is 2. The van der Waals surface area contributed by atoms with Crippen molar-refractivity contribution in [2.24, 2.45) is 0 Å². The lowest BCUT2D eigenvalue weighted by Gasteiger charge is -2.20. The van der Waals surface area contributed by atoms with Crippen LogP contribution >= 0.6 is 27.5 Å². The van der Waals surface area contributed by atoms with Crippen LogP contribution in [0.4, 0.5) is 0 Å². The highest BCUT2D eigenvalue weighted by molar-refractivity contribution is 9.10. The number of fused-ring (bicyclic) bond motifs is 1. The van der Waals surface area contributed by atoms with Gasteiger partial charge in [0, 0.05) is 11.0 Å². The van der Waals surface area contributed by atoms with Gasteiger partial charge in [-0.2, -0.15) is 0 Å². The van der Waals surface area contributed by atoms with E-state index in [-0.39, 0.29) is 11.4 Å². The number of benzene rings is 2. The van der Waals surface area contributed by atoms with E-state index in [4.69, 9.17) is 21.1 Å². The molecule has 0 atom stereocenters. The molecule has 5 nitrogen and oxygen atoms in total. The molecule has 8 heteroatoms. The van der Waals surface area contributed by atoms with Gasteiger partial charge in [-0.1, -0.05) is 17.7 Å². The molecular formula is C17H17BrClNO4S. The molecule has 0 aliphatic carbocycles. The molecule has 0 bridgehead atoms. The topological polar surface area (TPSA) is 64.6 Å². The lowest BCUT2D eigenvalue weighted by Crippen LogP contribution is -2.26. The van der Waals surface area contributed by atoms with E-state index in [0.29, 0.717) is 40.6 Å². The molecule has 1 aliphatic rings. The van der Waals surface area contributed by atoms with Gasteiger partial charge in [-0.3, -0.25) is 0 Å². The summed E-state index contributed by atoms with van der Waals surface area (Å²) in [7, 11) is -3.59. The zero-order chi connectivity index (χ0) is 18.0. The summed E-state index contributed by atoms with van der Waals surface area (Å²) >= 11 is 9.50. The van der Waals surface area contributed by atoms with Gasteiger partial charge in [-0.25, -0.2) is 13.1 Å². The van der Waals surface area contributed by atoms with Crippen LogP contribution in [0, 0.1) is 6.92 Å². The molecule has 0 spiro atoms. The Hall–Kier alpha value is -1.28. The Labute approximate surface area is 160 Å². The minimum absolute atomic E-state index is 0.221. The largest absolute Gasteiger partial charge is 0.486 e. The SMILES string of the molecule is Cc1ccc(S(=O)(=O)NCCc2cc(Cl)c3c(c2)OCCO3)c(Br)c1. The molecule has 2 aromatic carbocycles. The van der Waals surface area contributed by atoms with Crippen LogP contribution < -0.4 is 14.2 Å². The second-order valence-corrected chi connectivity index (χ2v) is 8.68. The molecule has 1 aliphatic heterocycles. The first-order valence-electron chi connectivity index (χ1n) is 7.70. The number of hydrogen-bond donors (Lipinski definition) is 1. The summed E-state index contributed by atoms with van der Waals surface area (Å²) < 4.78 is 39.0. The van der Waals surface area contributed by atoms with Crippen LogP contribution in [-0.2, 0) is 16.4 Å². The van der Waals surface area contributed by atoms with Crippen LogP contribution in [0.1, 0.15) is 11.1 Å². The molecule has 3 rings (SSSR count). The molecule has 0 unspecified atom stereocenters. The average molecular weight is 447 g/mol. The van der Waals surface area contributed by atoms with Crippen LogP contribution in [0.2, 0.25) is 5.02 Å². The third-order valence-electron chi connectivity index (χ3n) is 3.74. The lowest BCUT2D eigenvalue weighted by molar-refractivity contribution is 0.171. The Kier molecular flexibility index (Phi) is 5.58. The van der Waals surface area contributed by atoms with Crippen LogP contribution in [-0.4, -0.2) is 28.2 Å². The fraction of sp³-hybridized carbons (Fsp3) is 0.294. The predicted molar refractivity (Wildman–Crippen MR) is 100 cm³/mol.